The second kappa shape index (κ2) is 3.78. The average molecular weight is 232 g/mol. The Morgan fingerprint density at radius 3 is 2.82 bits per heavy atom. The summed E-state index contributed by atoms with van der Waals surface area (Å²) in [7, 11) is 0. The number of hydrogen-bond donors (Lipinski definition) is 2. The van der Waals surface area contributed by atoms with Crippen LogP contribution in [-0.2, 0) is 10.3 Å². The molecule has 3 heterocycles. The molecule has 5 nitrogen and oxygen atoms in total. The number of nitrogens with two attached hydrogens (primary N) is 1. The molecule has 2 aromatic heterocycles. The first-order chi connectivity index (χ1) is 8.17. The molecular weight excluding hydrogens is 216 g/mol. The van der Waals surface area contributed by atoms with E-state index in [0.29, 0.717) is 13.2 Å². The summed E-state index contributed by atoms with van der Waals surface area (Å²) in [6, 6.07) is 3.97. The zero-order chi connectivity index (χ0) is 11.9. The van der Waals surface area contributed by atoms with Crippen LogP contribution in [0.4, 0.5) is 0 Å². The number of aryl methyl sites for hydroxylation is 1. The average Bonchev–Trinajstić information content (AvgIpc) is 2.73. The fourth-order valence-corrected chi connectivity index (χ4v) is 2.20. The van der Waals surface area contributed by atoms with Crippen LogP contribution >= 0.6 is 0 Å². The molecule has 1 fully saturated rings. The van der Waals surface area contributed by atoms with E-state index in [1.807, 2.05) is 19.1 Å². The predicted octanol–water partition coefficient (Wildman–Crippen LogP) is 1.23. The largest absolute Gasteiger partial charge is 0.381 e. The van der Waals surface area contributed by atoms with Crippen molar-refractivity contribution in [3.05, 3.63) is 23.7 Å². The molecule has 1 aliphatic rings. The summed E-state index contributed by atoms with van der Waals surface area (Å²) >= 11 is 0. The van der Waals surface area contributed by atoms with E-state index in [4.69, 9.17) is 10.5 Å². The van der Waals surface area contributed by atoms with Crippen LogP contribution in [0.15, 0.2) is 12.1 Å². The quantitative estimate of drug-likeness (QED) is 0.775. The first kappa shape index (κ1) is 10.7. The maximum atomic E-state index is 6.38. The van der Waals surface area contributed by atoms with Crippen LogP contribution in [0.3, 0.4) is 0 Å². The number of aromatic amines is 1. The lowest BCUT2D eigenvalue weighted by molar-refractivity contribution is 0.0496. The Morgan fingerprint density at radius 2 is 2.06 bits per heavy atom. The molecule has 0 saturated carbocycles. The molecule has 0 aromatic carbocycles. The van der Waals surface area contributed by atoms with Gasteiger partial charge in [0.2, 0.25) is 0 Å². The van der Waals surface area contributed by atoms with Crippen LogP contribution in [-0.4, -0.2) is 28.2 Å². The first-order valence-electron chi connectivity index (χ1n) is 5.88. The minimum Gasteiger partial charge on any atom is -0.381 e. The number of fused-ring (bicyclic) bond motifs is 1. The van der Waals surface area contributed by atoms with Gasteiger partial charge in [-0.15, -0.1) is 0 Å². The molecule has 1 saturated heterocycles. The number of pyridine rings is 1. The van der Waals surface area contributed by atoms with Gasteiger partial charge >= 0.3 is 0 Å². The van der Waals surface area contributed by atoms with Crippen molar-refractivity contribution in [2.45, 2.75) is 25.3 Å². The molecule has 0 radical (unpaired) electrons. The maximum Gasteiger partial charge on any atom is 0.178 e. The van der Waals surface area contributed by atoms with Gasteiger partial charge in [0.25, 0.3) is 0 Å². The molecule has 0 unspecified atom stereocenters. The van der Waals surface area contributed by atoms with Crippen molar-refractivity contribution in [2.24, 2.45) is 5.73 Å². The van der Waals surface area contributed by atoms with E-state index in [1.54, 1.807) is 0 Å². The van der Waals surface area contributed by atoms with Crippen molar-refractivity contribution in [3.8, 4) is 0 Å². The van der Waals surface area contributed by atoms with Gasteiger partial charge in [0.05, 0.1) is 11.1 Å². The topological polar surface area (TPSA) is 76.8 Å². The lowest BCUT2D eigenvalue weighted by Gasteiger charge is -2.31. The number of imidazole rings is 1. The summed E-state index contributed by atoms with van der Waals surface area (Å²) < 4.78 is 5.34. The summed E-state index contributed by atoms with van der Waals surface area (Å²) in [5, 5.41) is 0. The third-order valence-electron chi connectivity index (χ3n) is 3.34. The number of rotatable bonds is 1. The highest BCUT2D eigenvalue weighted by atomic mass is 16.5. The van der Waals surface area contributed by atoms with Crippen molar-refractivity contribution in [1.82, 2.24) is 15.0 Å². The molecule has 5 heteroatoms. The first-order valence-corrected chi connectivity index (χ1v) is 5.88. The summed E-state index contributed by atoms with van der Waals surface area (Å²) in [5.74, 6) is 0.828. The summed E-state index contributed by atoms with van der Waals surface area (Å²) in [5.41, 5.74) is 8.64. The highest BCUT2D eigenvalue weighted by Gasteiger charge is 2.33. The highest BCUT2D eigenvalue weighted by molar-refractivity contribution is 5.70. The fraction of sp³-hybridized carbons (Fsp3) is 0.500. The second-order valence-electron chi connectivity index (χ2n) is 4.68. The number of ether oxygens (including phenoxy) is 1. The molecule has 3 N–H and O–H groups in total. The Bertz CT molecular complexity index is 542. The van der Waals surface area contributed by atoms with Crippen molar-refractivity contribution in [2.75, 3.05) is 13.2 Å². The molecule has 1 aliphatic heterocycles. The molecule has 2 aromatic rings. The molecule has 17 heavy (non-hydrogen) atoms. The minimum absolute atomic E-state index is 0.396. The third kappa shape index (κ3) is 1.81. The SMILES string of the molecule is Cc1ccc2[nH]c(C3(N)CCOCC3)nc2n1. The predicted molar refractivity (Wildman–Crippen MR) is 64.5 cm³/mol. The standard InChI is InChI=1S/C12H16N4O/c1-8-2-3-9-10(14-8)16-11(15-9)12(13)4-6-17-7-5-12/h2-3H,4-7,13H2,1H3,(H,14,15,16). The van der Waals surface area contributed by atoms with Crippen LogP contribution in [0, 0.1) is 6.92 Å². The molecule has 0 atom stereocenters. The Morgan fingerprint density at radius 1 is 1.29 bits per heavy atom. The van der Waals surface area contributed by atoms with E-state index in [9.17, 15) is 0 Å². The summed E-state index contributed by atoms with van der Waals surface area (Å²) in [6.07, 6.45) is 1.59. The van der Waals surface area contributed by atoms with Gasteiger partial charge in [0.15, 0.2) is 5.65 Å². The van der Waals surface area contributed by atoms with E-state index in [-0.39, 0.29) is 0 Å². The van der Waals surface area contributed by atoms with Crippen LogP contribution in [0.5, 0.6) is 0 Å². The third-order valence-corrected chi connectivity index (χ3v) is 3.34. The van der Waals surface area contributed by atoms with Crippen molar-refractivity contribution in [3.63, 3.8) is 0 Å². The zero-order valence-electron chi connectivity index (χ0n) is 9.86. The molecule has 0 spiro atoms. The molecule has 90 valence electrons. The molecule has 0 amide bonds. The Hall–Kier alpha value is -1.46. The monoisotopic (exact) mass is 232 g/mol. The lowest BCUT2D eigenvalue weighted by atomic mass is 9.91. The van der Waals surface area contributed by atoms with Gasteiger partial charge in [-0.2, -0.15) is 0 Å². The lowest BCUT2D eigenvalue weighted by Crippen LogP contribution is -2.43. The van der Waals surface area contributed by atoms with Gasteiger partial charge in [-0.3, -0.25) is 0 Å². The van der Waals surface area contributed by atoms with Crippen molar-refractivity contribution >= 4 is 11.2 Å². The fourth-order valence-electron chi connectivity index (χ4n) is 2.20. The zero-order valence-corrected chi connectivity index (χ0v) is 9.86. The van der Waals surface area contributed by atoms with Crippen LogP contribution in [0.1, 0.15) is 24.4 Å². The Kier molecular flexibility index (Phi) is 2.38. The van der Waals surface area contributed by atoms with Gasteiger partial charge < -0.3 is 15.5 Å². The Balaban J connectivity index is 2.05. The molecular formula is C12H16N4O. The van der Waals surface area contributed by atoms with E-state index < -0.39 is 5.54 Å². The normalized spacial score (nSPS) is 19.6. The van der Waals surface area contributed by atoms with Gasteiger partial charge in [-0.25, -0.2) is 9.97 Å². The molecule has 0 aliphatic carbocycles. The van der Waals surface area contributed by atoms with Gasteiger partial charge in [-0.1, -0.05) is 0 Å². The second-order valence-corrected chi connectivity index (χ2v) is 4.68. The van der Waals surface area contributed by atoms with E-state index in [0.717, 1.165) is 35.5 Å². The van der Waals surface area contributed by atoms with Crippen LogP contribution in [0.25, 0.3) is 11.2 Å². The van der Waals surface area contributed by atoms with Crippen LogP contribution < -0.4 is 5.73 Å². The van der Waals surface area contributed by atoms with Crippen molar-refractivity contribution < 1.29 is 4.74 Å². The molecule has 3 rings (SSSR count). The maximum absolute atomic E-state index is 6.38. The van der Waals surface area contributed by atoms with Crippen molar-refractivity contribution in [1.29, 1.82) is 0 Å². The Labute approximate surface area is 99.4 Å². The van der Waals surface area contributed by atoms with Gasteiger partial charge in [0.1, 0.15) is 5.82 Å². The number of nitrogens with one attached hydrogen (secondary N) is 1. The minimum atomic E-state index is -0.396. The van der Waals surface area contributed by atoms with Crippen LogP contribution in [0.2, 0.25) is 0 Å². The van der Waals surface area contributed by atoms with E-state index >= 15 is 0 Å². The van der Waals surface area contributed by atoms with Gasteiger partial charge in [-0.05, 0) is 31.9 Å². The number of hydrogen-bond acceptors (Lipinski definition) is 4. The molecule has 0 bridgehead atoms. The summed E-state index contributed by atoms with van der Waals surface area (Å²) in [6.45, 7) is 3.35. The number of aromatic nitrogens is 3. The highest BCUT2D eigenvalue weighted by Crippen LogP contribution is 2.28. The smallest absolute Gasteiger partial charge is 0.178 e. The van der Waals surface area contributed by atoms with E-state index in [2.05, 4.69) is 15.0 Å². The van der Waals surface area contributed by atoms with Gasteiger partial charge in [0, 0.05) is 18.9 Å². The number of nitrogens with zero attached hydrogens (tertiary/aromatic N) is 2. The van der Waals surface area contributed by atoms with E-state index in [1.165, 1.54) is 0 Å². The summed E-state index contributed by atoms with van der Waals surface area (Å²) in [4.78, 5) is 12.2. The number of H-pyrrole nitrogens is 1.